The van der Waals surface area contributed by atoms with E-state index >= 15 is 0 Å². The van der Waals surface area contributed by atoms with Gasteiger partial charge >= 0.3 is 0 Å². The first kappa shape index (κ1) is 15.2. The molecule has 23 heavy (non-hydrogen) atoms. The summed E-state index contributed by atoms with van der Waals surface area (Å²) in [5, 5.41) is 8.75. The fourth-order valence-electron chi connectivity index (χ4n) is 3.46. The molecule has 7 heteroatoms. The molecule has 2 aliphatic rings. The maximum absolute atomic E-state index is 5.49. The Kier molecular flexibility index (Phi) is 4.41. The van der Waals surface area contributed by atoms with Crippen molar-refractivity contribution < 1.29 is 9.26 Å². The first-order valence-electron chi connectivity index (χ1n) is 8.38. The summed E-state index contributed by atoms with van der Waals surface area (Å²) in [5.41, 5.74) is 1.31. The lowest BCUT2D eigenvalue weighted by Gasteiger charge is -2.28. The number of hydrogen-bond acceptors (Lipinski definition) is 7. The van der Waals surface area contributed by atoms with Crippen LogP contribution in [0.3, 0.4) is 0 Å². The van der Waals surface area contributed by atoms with Crippen molar-refractivity contribution >= 4 is 11.3 Å². The Balaban J connectivity index is 1.47. The second-order valence-corrected chi connectivity index (χ2v) is 7.49. The molecule has 1 N–H and O–H groups in total. The summed E-state index contributed by atoms with van der Waals surface area (Å²) < 4.78 is 10.9. The SMILES string of the molecule is Cc1noc(C(NCc2nc3c(s2)CCC3)C2CCOCC2)n1. The van der Waals surface area contributed by atoms with E-state index in [0.29, 0.717) is 17.6 Å². The lowest BCUT2D eigenvalue weighted by molar-refractivity contribution is 0.0485. The Bertz CT molecular complexity index is 641. The predicted octanol–water partition coefficient (Wildman–Crippen LogP) is 2.58. The number of aromatic nitrogens is 3. The molecule has 1 fully saturated rings. The Morgan fingerprint density at radius 2 is 2.13 bits per heavy atom. The number of nitrogens with zero attached hydrogens (tertiary/aromatic N) is 3. The van der Waals surface area contributed by atoms with Crippen molar-refractivity contribution in [2.24, 2.45) is 5.92 Å². The summed E-state index contributed by atoms with van der Waals surface area (Å²) in [6.07, 6.45) is 5.63. The van der Waals surface area contributed by atoms with Crippen LogP contribution in [0.25, 0.3) is 0 Å². The minimum atomic E-state index is 0.0823. The molecule has 0 aromatic carbocycles. The van der Waals surface area contributed by atoms with Gasteiger partial charge in [-0.25, -0.2) is 4.98 Å². The molecule has 0 radical (unpaired) electrons. The minimum Gasteiger partial charge on any atom is -0.381 e. The van der Waals surface area contributed by atoms with Gasteiger partial charge in [-0.15, -0.1) is 11.3 Å². The zero-order valence-corrected chi connectivity index (χ0v) is 14.2. The number of rotatable bonds is 5. The zero-order chi connectivity index (χ0) is 15.6. The molecule has 1 aliphatic heterocycles. The van der Waals surface area contributed by atoms with Gasteiger partial charge in [0.1, 0.15) is 5.01 Å². The standard InChI is InChI=1S/C16H22N4O2S/c1-10-18-16(22-20-10)15(11-5-7-21-8-6-11)17-9-14-19-12-3-2-4-13(12)23-14/h11,15,17H,2-9H2,1H3. The van der Waals surface area contributed by atoms with Crippen LogP contribution in [0.1, 0.15) is 52.6 Å². The number of thiazole rings is 1. The molecule has 1 aliphatic carbocycles. The maximum atomic E-state index is 5.49. The van der Waals surface area contributed by atoms with Crippen LogP contribution in [0, 0.1) is 12.8 Å². The van der Waals surface area contributed by atoms with E-state index in [1.807, 2.05) is 18.3 Å². The van der Waals surface area contributed by atoms with Crippen LogP contribution in [-0.2, 0) is 24.1 Å². The Morgan fingerprint density at radius 1 is 1.26 bits per heavy atom. The van der Waals surface area contributed by atoms with E-state index in [0.717, 1.165) is 39.0 Å². The van der Waals surface area contributed by atoms with Gasteiger partial charge in [-0.1, -0.05) is 5.16 Å². The summed E-state index contributed by atoms with van der Waals surface area (Å²) in [6, 6.07) is 0.0823. The average Bonchev–Trinajstić information content (AvgIpc) is 3.25. The van der Waals surface area contributed by atoms with Gasteiger partial charge in [-0.05, 0) is 44.9 Å². The third-order valence-electron chi connectivity index (χ3n) is 4.66. The van der Waals surface area contributed by atoms with Crippen molar-refractivity contribution in [2.45, 2.75) is 51.6 Å². The van der Waals surface area contributed by atoms with Crippen molar-refractivity contribution in [3.8, 4) is 0 Å². The molecule has 0 bridgehead atoms. The topological polar surface area (TPSA) is 73.1 Å². The highest BCUT2D eigenvalue weighted by Crippen LogP contribution is 2.31. The molecular formula is C16H22N4O2S. The van der Waals surface area contributed by atoms with Crippen LogP contribution >= 0.6 is 11.3 Å². The van der Waals surface area contributed by atoms with E-state index in [1.54, 1.807) is 0 Å². The lowest BCUT2D eigenvalue weighted by atomic mass is 9.91. The second-order valence-electron chi connectivity index (χ2n) is 6.32. The largest absolute Gasteiger partial charge is 0.381 e. The van der Waals surface area contributed by atoms with E-state index in [-0.39, 0.29) is 6.04 Å². The molecule has 2 aromatic rings. The van der Waals surface area contributed by atoms with Gasteiger partial charge in [0, 0.05) is 24.6 Å². The van der Waals surface area contributed by atoms with E-state index < -0.39 is 0 Å². The van der Waals surface area contributed by atoms with Crippen molar-refractivity contribution in [3.63, 3.8) is 0 Å². The second kappa shape index (κ2) is 6.67. The third kappa shape index (κ3) is 3.32. The Morgan fingerprint density at radius 3 is 2.87 bits per heavy atom. The molecule has 0 saturated carbocycles. The van der Waals surface area contributed by atoms with Crippen molar-refractivity contribution in [1.29, 1.82) is 0 Å². The number of nitrogens with one attached hydrogen (secondary N) is 1. The Labute approximate surface area is 139 Å². The molecule has 0 amide bonds. The highest BCUT2D eigenvalue weighted by molar-refractivity contribution is 7.11. The first-order chi connectivity index (χ1) is 11.3. The molecule has 1 atom stereocenters. The summed E-state index contributed by atoms with van der Waals surface area (Å²) >= 11 is 1.85. The van der Waals surface area contributed by atoms with Crippen LogP contribution in [0.2, 0.25) is 0 Å². The van der Waals surface area contributed by atoms with Crippen LogP contribution in [0.15, 0.2) is 4.52 Å². The van der Waals surface area contributed by atoms with Crippen molar-refractivity contribution in [3.05, 3.63) is 27.3 Å². The van der Waals surface area contributed by atoms with Crippen molar-refractivity contribution in [2.75, 3.05) is 13.2 Å². The molecule has 1 saturated heterocycles. The molecule has 4 rings (SSSR count). The summed E-state index contributed by atoms with van der Waals surface area (Å²) in [6.45, 7) is 4.24. The third-order valence-corrected chi connectivity index (χ3v) is 5.82. The van der Waals surface area contributed by atoms with Gasteiger partial charge in [-0.3, -0.25) is 5.32 Å². The first-order valence-corrected chi connectivity index (χ1v) is 9.20. The van der Waals surface area contributed by atoms with E-state index in [4.69, 9.17) is 14.2 Å². The molecule has 2 aromatic heterocycles. The molecule has 3 heterocycles. The van der Waals surface area contributed by atoms with Crippen LogP contribution < -0.4 is 5.32 Å². The van der Waals surface area contributed by atoms with E-state index in [2.05, 4.69) is 15.5 Å². The van der Waals surface area contributed by atoms with Crippen molar-refractivity contribution in [1.82, 2.24) is 20.4 Å². The van der Waals surface area contributed by atoms with Gasteiger partial charge < -0.3 is 9.26 Å². The summed E-state index contributed by atoms with van der Waals surface area (Å²) in [4.78, 5) is 10.7. The lowest BCUT2D eigenvalue weighted by Crippen LogP contribution is -2.32. The highest BCUT2D eigenvalue weighted by atomic mass is 32.1. The van der Waals surface area contributed by atoms with Gasteiger partial charge in [-0.2, -0.15) is 4.98 Å². The fraction of sp³-hybridized carbons (Fsp3) is 0.688. The molecule has 0 spiro atoms. The van der Waals surface area contributed by atoms with Gasteiger partial charge in [0.2, 0.25) is 5.89 Å². The summed E-state index contributed by atoms with van der Waals surface area (Å²) in [7, 11) is 0. The zero-order valence-electron chi connectivity index (χ0n) is 13.4. The normalized spacial score (nSPS) is 19.9. The predicted molar refractivity (Wildman–Crippen MR) is 86.3 cm³/mol. The maximum Gasteiger partial charge on any atom is 0.244 e. The van der Waals surface area contributed by atoms with E-state index in [1.165, 1.54) is 28.4 Å². The highest BCUT2D eigenvalue weighted by Gasteiger charge is 2.30. The smallest absolute Gasteiger partial charge is 0.244 e. The van der Waals surface area contributed by atoms with E-state index in [9.17, 15) is 0 Å². The van der Waals surface area contributed by atoms with Gasteiger partial charge in [0.25, 0.3) is 0 Å². The monoisotopic (exact) mass is 334 g/mol. The molecular weight excluding hydrogens is 312 g/mol. The van der Waals surface area contributed by atoms with Crippen LogP contribution in [-0.4, -0.2) is 28.3 Å². The van der Waals surface area contributed by atoms with Crippen LogP contribution in [0.4, 0.5) is 0 Å². The quantitative estimate of drug-likeness (QED) is 0.906. The summed E-state index contributed by atoms with van der Waals surface area (Å²) in [5.74, 6) is 1.85. The number of hydrogen-bond donors (Lipinski definition) is 1. The fourth-order valence-corrected chi connectivity index (χ4v) is 4.57. The van der Waals surface area contributed by atoms with Gasteiger partial charge in [0.15, 0.2) is 5.82 Å². The van der Waals surface area contributed by atoms with Crippen LogP contribution in [0.5, 0.6) is 0 Å². The minimum absolute atomic E-state index is 0.0823. The number of fused-ring (bicyclic) bond motifs is 1. The number of aryl methyl sites for hydroxylation is 3. The molecule has 124 valence electrons. The number of ether oxygens (including phenoxy) is 1. The van der Waals surface area contributed by atoms with Gasteiger partial charge in [0.05, 0.1) is 11.7 Å². The molecule has 1 unspecified atom stereocenters. The average molecular weight is 334 g/mol. The molecule has 6 nitrogen and oxygen atoms in total. The Hall–Kier alpha value is -1.31.